The number of carbonyl (C=O) groups is 1. The van der Waals surface area contributed by atoms with Gasteiger partial charge in [-0.15, -0.1) is 11.8 Å². The van der Waals surface area contributed by atoms with E-state index in [1.165, 1.54) is 4.90 Å². The number of benzene rings is 1. The zero-order chi connectivity index (χ0) is 13.0. The van der Waals surface area contributed by atoms with Gasteiger partial charge in [0.15, 0.2) is 0 Å². The summed E-state index contributed by atoms with van der Waals surface area (Å²) in [6.07, 6.45) is 4.31. The molecule has 0 spiro atoms. The molecule has 1 saturated heterocycles. The highest BCUT2D eigenvalue weighted by Crippen LogP contribution is 2.17. The topological polar surface area (TPSA) is 38.3 Å². The minimum absolute atomic E-state index is 0.0225. The minimum Gasteiger partial charge on any atom is -0.376 e. The van der Waals surface area contributed by atoms with Crippen LogP contribution < -0.4 is 5.32 Å². The molecule has 1 N–H and O–H groups in total. The van der Waals surface area contributed by atoms with Crippen molar-refractivity contribution in [3.63, 3.8) is 0 Å². The van der Waals surface area contributed by atoms with E-state index in [0.29, 0.717) is 5.56 Å². The second-order valence-electron chi connectivity index (χ2n) is 4.54. The van der Waals surface area contributed by atoms with Crippen molar-refractivity contribution in [2.75, 3.05) is 12.9 Å². The summed E-state index contributed by atoms with van der Waals surface area (Å²) in [6.45, 7) is 2.82. The average molecular weight is 265 g/mol. The number of amides is 1. The molecule has 0 saturated carbocycles. The SMILES string of the molecule is CSc1ccc(C(=O)NC(C)C2CCCO2)cc1. The lowest BCUT2D eigenvalue weighted by molar-refractivity contribution is 0.0712. The second-order valence-corrected chi connectivity index (χ2v) is 5.42. The Balaban J connectivity index is 1.93. The smallest absolute Gasteiger partial charge is 0.251 e. The van der Waals surface area contributed by atoms with E-state index in [4.69, 9.17) is 4.74 Å². The van der Waals surface area contributed by atoms with Crippen LogP contribution in [0.2, 0.25) is 0 Å². The molecule has 0 radical (unpaired) electrons. The standard InChI is InChI=1S/C14H19NO2S/c1-10(13-4-3-9-17-13)15-14(16)11-5-7-12(18-2)8-6-11/h5-8,10,13H,3-4,9H2,1-2H3,(H,15,16). The Morgan fingerprint density at radius 3 is 2.72 bits per heavy atom. The zero-order valence-corrected chi connectivity index (χ0v) is 11.6. The van der Waals surface area contributed by atoms with Gasteiger partial charge in [0.25, 0.3) is 5.91 Å². The summed E-state index contributed by atoms with van der Waals surface area (Å²) >= 11 is 1.67. The molecule has 2 atom stereocenters. The van der Waals surface area contributed by atoms with Gasteiger partial charge in [-0.3, -0.25) is 4.79 Å². The third kappa shape index (κ3) is 3.27. The summed E-state index contributed by atoms with van der Waals surface area (Å²) < 4.78 is 5.57. The highest BCUT2D eigenvalue weighted by Gasteiger charge is 2.23. The fourth-order valence-electron chi connectivity index (χ4n) is 2.12. The number of ether oxygens (including phenoxy) is 1. The van der Waals surface area contributed by atoms with Crippen molar-refractivity contribution in [2.45, 2.75) is 36.8 Å². The first-order chi connectivity index (χ1) is 8.70. The van der Waals surface area contributed by atoms with Crippen LogP contribution >= 0.6 is 11.8 Å². The molecule has 2 rings (SSSR count). The van der Waals surface area contributed by atoms with E-state index in [-0.39, 0.29) is 18.1 Å². The van der Waals surface area contributed by atoms with E-state index < -0.39 is 0 Å². The van der Waals surface area contributed by atoms with E-state index in [9.17, 15) is 4.79 Å². The fraction of sp³-hybridized carbons (Fsp3) is 0.500. The van der Waals surface area contributed by atoms with Crippen LogP contribution in [0.4, 0.5) is 0 Å². The molecule has 1 aliphatic heterocycles. The lowest BCUT2D eigenvalue weighted by atomic mass is 10.1. The van der Waals surface area contributed by atoms with Crippen molar-refractivity contribution >= 4 is 17.7 Å². The summed E-state index contributed by atoms with van der Waals surface area (Å²) in [4.78, 5) is 13.2. The van der Waals surface area contributed by atoms with Crippen molar-refractivity contribution in [3.8, 4) is 0 Å². The van der Waals surface area contributed by atoms with Crippen molar-refractivity contribution < 1.29 is 9.53 Å². The lowest BCUT2D eigenvalue weighted by Crippen LogP contribution is -2.40. The molecule has 3 nitrogen and oxygen atoms in total. The van der Waals surface area contributed by atoms with Crippen LogP contribution in [0.5, 0.6) is 0 Å². The maximum absolute atomic E-state index is 12.0. The molecule has 2 unspecified atom stereocenters. The molecule has 1 aliphatic rings. The molecule has 4 heteroatoms. The quantitative estimate of drug-likeness (QED) is 0.851. The van der Waals surface area contributed by atoms with Crippen LogP contribution in [0.15, 0.2) is 29.2 Å². The molecule has 98 valence electrons. The van der Waals surface area contributed by atoms with Crippen LogP contribution in [-0.4, -0.2) is 30.9 Å². The summed E-state index contributed by atoms with van der Waals surface area (Å²) in [7, 11) is 0. The maximum Gasteiger partial charge on any atom is 0.251 e. The summed E-state index contributed by atoms with van der Waals surface area (Å²) in [5, 5.41) is 3.00. The Morgan fingerprint density at radius 1 is 1.44 bits per heavy atom. The van der Waals surface area contributed by atoms with E-state index in [1.54, 1.807) is 11.8 Å². The van der Waals surface area contributed by atoms with Crippen LogP contribution in [0.1, 0.15) is 30.1 Å². The molecule has 1 amide bonds. The third-order valence-corrected chi connectivity index (χ3v) is 3.98. The van der Waals surface area contributed by atoms with Gasteiger partial charge < -0.3 is 10.1 Å². The third-order valence-electron chi connectivity index (χ3n) is 3.23. The predicted octanol–water partition coefficient (Wildman–Crippen LogP) is 2.71. The van der Waals surface area contributed by atoms with Crippen LogP contribution in [0, 0.1) is 0 Å². The molecule has 1 heterocycles. The number of nitrogens with one attached hydrogen (secondary N) is 1. The maximum atomic E-state index is 12.0. The average Bonchev–Trinajstić information content (AvgIpc) is 2.92. The van der Waals surface area contributed by atoms with E-state index >= 15 is 0 Å². The monoisotopic (exact) mass is 265 g/mol. The Hall–Kier alpha value is -1.00. The molecule has 0 aliphatic carbocycles. The van der Waals surface area contributed by atoms with Gasteiger partial charge >= 0.3 is 0 Å². The summed E-state index contributed by atoms with van der Waals surface area (Å²) in [6, 6.07) is 7.74. The number of hydrogen-bond donors (Lipinski definition) is 1. The first kappa shape index (κ1) is 13.4. The van der Waals surface area contributed by atoms with Gasteiger partial charge in [0.2, 0.25) is 0 Å². The molecular weight excluding hydrogens is 246 g/mol. The fourth-order valence-corrected chi connectivity index (χ4v) is 2.53. The van der Waals surface area contributed by atoms with Crippen LogP contribution in [0.3, 0.4) is 0 Å². The van der Waals surface area contributed by atoms with Gasteiger partial charge in [0, 0.05) is 17.1 Å². The molecular formula is C14H19NO2S. The van der Waals surface area contributed by atoms with E-state index in [1.807, 2.05) is 37.4 Å². The number of carbonyl (C=O) groups excluding carboxylic acids is 1. The Bertz CT molecular complexity index is 399. The van der Waals surface area contributed by atoms with Crippen molar-refractivity contribution in [3.05, 3.63) is 29.8 Å². The molecule has 0 aromatic heterocycles. The van der Waals surface area contributed by atoms with Gasteiger partial charge in [0.1, 0.15) is 0 Å². The highest BCUT2D eigenvalue weighted by atomic mass is 32.2. The summed E-state index contributed by atoms with van der Waals surface area (Å²) in [5.74, 6) is -0.0225. The van der Waals surface area contributed by atoms with Gasteiger partial charge in [0.05, 0.1) is 12.1 Å². The molecule has 18 heavy (non-hydrogen) atoms. The number of hydrogen-bond acceptors (Lipinski definition) is 3. The first-order valence-electron chi connectivity index (χ1n) is 6.27. The molecule has 0 bridgehead atoms. The van der Waals surface area contributed by atoms with Gasteiger partial charge in [-0.2, -0.15) is 0 Å². The molecule has 1 aromatic carbocycles. The Labute approximate surface area is 112 Å². The largest absolute Gasteiger partial charge is 0.376 e. The zero-order valence-electron chi connectivity index (χ0n) is 10.8. The predicted molar refractivity (Wildman–Crippen MR) is 74.1 cm³/mol. The van der Waals surface area contributed by atoms with E-state index in [0.717, 1.165) is 19.4 Å². The van der Waals surface area contributed by atoms with Crippen LogP contribution in [0.25, 0.3) is 0 Å². The second kappa shape index (κ2) is 6.25. The van der Waals surface area contributed by atoms with Gasteiger partial charge in [-0.1, -0.05) is 0 Å². The van der Waals surface area contributed by atoms with Gasteiger partial charge in [-0.05, 0) is 50.3 Å². The Morgan fingerprint density at radius 2 is 2.17 bits per heavy atom. The molecule has 1 fully saturated rings. The highest BCUT2D eigenvalue weighted by molar-refractivity contribution is 7.98. The summed E-state index contributed by atoms with van der Waals surface area (Å²) in [5.41, 5.74) is 0.706. The minimum atomic E-state index is -0.0225. The number of rotatable bonds is 4. The van der Waals surface area contributed by atoms with Crippen molar-refractivity contribution in [1.29, 1.82) is 0 Å². The normalized spacial score (nSPS) is 20.7. The first-order valence-corrected chi connectivity index (χ1v) is 7.49. The molecule has 1 aromatic rings. The lowest BCUT2D eigenvalue weighted by Gasteiger charge is -2.20. The Kier molecular flexibility index (Phi) is 4.66. The van der Waals surface area contributed by atoms with Crippen molar-refractivity contribution in [1.82, 2.24) is 5.32 Å². The van der Waals surface area contributed by atoms with Crippen molar-refractivity contribution in [2.24, 2.45) is 0 Å². The number of thioether (sulfide) groups is 1. The van der Waals surface area contributed by atoms with Gasteiger partial charge in [-0.25, -0.2) is 0 Å². The van der Waals surface area contributed by atoms with Crippen LogP contribution in [-0.2, 0) is 4.74 Å². The van der Waals surface area contributed by atoms with E-state index in [2.05, 4.69) is 5.32 Å².